The fourth-order valence-corrected chi connectivity index (χ4v) is 3.00. The zero-order chi connectivity index (χ0) is 20.2. The summed E-state index contributed by atoms with van der Waals surface area (Å²) in [6.07, 6.45) is 0. The molecule has 0 saturated carbocycles. The molecule has 0 aliphatic heterocycles. The highest BCUT2D eigenvalue weighted by atomic mass is 16.3. The van der Waals surface area contributed by atoms with Crippen molar-refractivity contribution in [2.45, 2.75) is 0 Å². The maximum Gasteiger partial charge on any atom is 0.259 e. The third-order valence-electron chi connectivity index (χ3n) is 4.47. The van der Waals surface area contributed by atoms with Gasteiger partial charge in [0.05, 0.1) is 5.56 Å². The predicted molar refractivity (Wildman–Crippen MR) is 113 cm³/mol. The fraction of sp³-hybridized carbons (Fsp3) is 0. The maximum absolute atomic E-state index is 12.6. The van der Waals surface area contributed by atoms with Gasteiger partial charge in [-0.15, -0.1) is 0 Å². The van der Waals surface area contributed by atoms with E-state index in [1.165, 1.54) is 6.07 Å². The average molecular weight is 381 g/mol. The first-order valence-corrected chi connectivity index (χ1v) is 9.01. The quantitative estimate of drug-likeness (QED) is 0.473. The van der Waals surface area contributed by atoms with Gasteiger partial charge in [0, 0.05) is 16.9 Å². The monoisotopic (exact) mass is 381 g/mol. The Balaban J connectivity index is 1.63. The van der Waals surface area contributed by atoms with E-state index in [0.717, 1.165) is 5.39 Å². The number of anilines is 2. The summed E-state index contributed by atoms with van der Waals surface area (Å²) in [4.78, 5) is 25.1. The van der Waals surface area contributed by atoms with Crippen LogP contribution >= 0.6 is 0 Å². The van der Waals surface area contributed by atoms with Gasteiger partial charge in [0.15, 0.2) is 0 Å². The van der Waals surface area contributed by atoms with Gasteiger partial charge in [0.25, 0.3) is 11.8 Å². The van der Waals surface area contributed by atoms with Crippen LogP contribution in [0.4, 0.5) is 11.4 Å². The van der Waals surface area contributed by atoms with Crippen LogP contribution in [-0.4, -0.2) is 16.9 Å². The van der Waals surface area contributed by atoms with Crippen LogP contribution in [0.1, 0.15) is 20.7 Å². The minimum atomic E-state index is -0.425. The Labute approximate surface area is 167 Å². The van der Waals surface area contributed by atoms with E-state index in [0.29, 0.717) is 22.3 Å². The molecule has 4 rings (SSSR count). The standard InChI is InChI=1S/C24H17N2O3/c27-22-15-16-11-12-17(23(28)25-19-7-3-1-4-8-19)13-18(16)14-21(22)24(29)26-20-9-5-2-6-10-20/h2-15,27H,(H,25,28)(H,26,29). The molecular formula is C24H17N2O3. The minimum absolute atomic E-state index is 0.122. The van der Waals surface area contributed by atoms with Crippen LogP contribution in [0, 0.1) is 6.07 Å². The molecule has 141 valence electrons. The van der Waals surface area contributed by atoms with Gasteiger partial charge < -0.3 is 15.7 Å². The summed E-state index contributed by atoms with van der Waals surface area (Å²) in [5.74, 6) is -0.809. The zero-order valence-corrected chi connectivity index (χ0v) is 15.3. The number of phenolic OH excluding ortho intramolecular Hbond substituents is 1. The Bertz CT molecular complexity index is 1190. The molecule has 4 aromatic rings. The highest BCUT2D eigenvalue weighted by molar-refractivity contribution is 6.10. The smallest absolute Gasteiger partial charge is 0.259 e. The van der Waals surface area contributed by atoms with Gasteiger partial charge in [0.2, 0.25) is 0 Å². The van der Waals surface area contributed by atoms with E-state index in [1.807, 2.05) is 18.2 Å². The summed E-state index contributed by atoms with van der Waals surface area (Å²) in [5.41, 5.74) is 1.88. The molecule has 0 unspecified atom stereocenters. The lowest BCUT2D eigenvalue weighted by atomic mass is 10.0. The molecule has 0 aromatic heterocycles. The van der Waals surface area contributed by atoms with Crippen molar-refractivity contribution in [3.63, 3.8) is 0 Å². The summed E-state index contributed by atoms with van der Waals surface area (Å²) in [7, 11) is 0. The van der Waals surface area contributed by atoms with E-state index in [2.05, 4.69) is 16.7 Å². The van der Waals surface area contributed by atoms with Crippen molar-refractivity contribution in [2.24, 2.45) is 0 Å². The van der Waals surface area contributed by atoms with E-state index in [-0.39, 0.29) is 17.2 Å². The van der Waals surface area contributed by atoms with E-state index in [9.17, 15) is 14.7 Å². The summed E-state index contributed by atoms with van der Waals surface area (Å²) >= 11 is 0. The SMILES string of the molecule is O=C(Nc1cc[c]cc1)c1ccc2cc(O)c(C(=O)Nc3ccccc3)cc2c1. The van der Waals surface area contributed by atoms with Gasteiger partial charge in [-0.25, -0.2) is 0 Å². The first-order chi connectivity index (χ1) is 14.1. The first kappa shape index (κ1) is 18.3. The van der Waals surface area contributed by atoms with Crippen LogP contribution in [0.5, 0.6) is 5.75 Å². The van der Waals surface area contributed by atoms with Crippen molar-refractivity contribution >= 4 is 34.0 Å². The highest BCUT2D eigenvalue weighted by Crippen LogP contribution is 2.27. The summed E-state index contributed by atoms with van der Waals surface area (Å²) in [6.45, 7) is 0. The molecule has 0 spiro atoms. The van der Waals surface area contributed by atoms with Crippen molar-refractivity contribution in [2.75, 3.05) is 10.6 Å². The van der Waals surface area contributed by atoms with Crippen molar-refractivity contribution in [1.29, 1.82) is 0 Å². The van der Waals surface area contributed by atoms with Crippen LogP contribution < -0.4 is 10.6 Å². The normalized spacial score (nSPS) is 10.5. The highest BCUT2D eigenvalue weighted by Gasteiger charge is 2.14. The number of hydrogen-bond donors (Lipinski definition) is 3. The maximum atomic E-state index is 12.6. The minimum Gasteiger partial charge on any atom is -0.507 e. The molecular weight excluding hydrogens is 364 g/mol. The number of rotatable bonds is 4. The van der Waals surface area contributed by atoms with Gasteiger partial charge in [-0.05, 0) is 65.4 Å². The third-order valence-corrected chi connectivity index (χ3v) is 4.47. The fourth-order valence-electron chi connectivity index (χ4n) is 3.00. The second-order valence-corrected chi connectivity index (χ2v) is 6.49. The molecule has 5 heteroatoms. The molecule has 1 radical (unpaired) electrons. The largest absolute Gasteiger partial charge is 0.507 e. The second-order valence-electron chi connectivity index (χ2n) is 6.49. The van der Waals surface area contributed by atoms with Crippen molar-refractivity contribution in [3.05, 3.63) is 102 Å². The molecule has 0 aliphatic rings. The number of phenols is 1. The molecule has 0 aliphatic carbocycles. The summed E-state index contributed by atoms with van der Waals surface area (Å²) in [5, 5.41) is 17.3. The van der Waals surface area contributed by atoms with Crippen LogP contribution in [0.25, 0.3) is 10.8 Å². The van der Waals surface area contributed by atoms with Gasteiger partial charge in [0.1, 0.15) is 5.75 Å². The molecule has 4 aromatic carbocycles. The molecule has 2 amide bonds. The summed E-state index contributed by atoms with van der Waals surface area (Å²) < 4.78 is 0. The van der Waals surface area contributed by atoms with Gasteiger partial charge in [-0.2, -0.15) is 0 Å². The Morgan fingerprint density at radius 3 is 2.17 bits per heavy atom. The summed E-state index contributed by atoms with van der Waals surface area (Å²) in [6, 6.07) is 27.0. The van der Waals surface area contributed by atoms with Crippen LogP contribution in [-0.2, 0) is 0 Å². The van der Waals surface area contributed by atoms with Gasteiger partial charge >= 0.3 is 0 Å². The molecule has 0 fully saturated rings. The Morgan fingerprint density at radius 1 is 0.724 bits per heavy atom. The topological polar surface area (TPSA) is 78.4 Å². The third kappa shape index (κ3) is 4.09. The molecule has 0 bridgehead atoms. The number of aromatic hydroxyl groups is 1. The second kappa shape index (κ2) is 7.86. The Kier molecular flexibility index (Phi) is 4.95. The molecule has 3 N–H and O–H groups in total. The number of hydrogen-bond acceptors (Lipinski definition) is 3. The van der Waals surface area contributed by atoms with Crippen LogP contribution in [0.3, 0.4) is 0 Å². The van der Waals surface area contributed by atoms with Crippen LogP contribution in [0.2, 0.25) is 0 Å². The Morgan fingerprint density at radius 2 is 1.41 bits per heavy atom. The van der Waals surface area contributed by atoms with E-state index >= 15 is 0 Å². The number of benzene rings is 4. The average Bonchev–Trinajstić information content (AvgIpc) is 2.74. The van der Waals surface area contributed by atoms with Gasteiger partial charge in [-0.1, -0.05) is 36.4 Å². The van der Waals surface area contributed by atoms with E-state index in [4.69, 9.17) is 0 Å². The van der Waals surface area contributed by atoms with Crippen LogP contribution in [0.15, 0.2) is 84.9 Å². The number of amides is 2. The lowest BCUT2D eigenvalue weighted by Crippen LogP contribution is -2.13. The molecule has 0 saturated heterocycles. The first-order valence-electron chi connectivity index (χ1n) is 9.01. The lowest BCUT2D eigenvalue weighted by molar-refractivity contribution is 0.101. The molecule has 5 nitrogen and oxygen atoms in total. The molecule has 0 heterocycles. The number of fused-ring (bicyclic) bond motifs is 1. The van der Waals surface area contributed by atoms with Gasteiger partial charge in [-0.3, -0.25) is 9.59 Å². The zero-order valence-electron chi connectivity index (χ0n) is 15.3. The number of carbonyl (C=O) groups excluding carboxylic acids is 2. The van der Waals surface area contributed by atoms with E-state index in [1.54, 1.807) is 60.7 Å². The van der Waals surface area contributed by atoms with Crippen molar-refractivity contribution in [1.82, 2.24) is 0 Å². The predicted octanol–water partition coefficient (Wildman–Crippen LogP) is 4.85. The number of carbonyl (C=O) groups is 2. The van der Waals surface area contributed by atoms with E-state index < -0.39 is 5.91 Å². The lowest BCUT2D eigenvalue weighted by Gasteiger charge is -2.10. The Hall–Kier alpha value is -4.12. The van der Waals surface area contributed by atoms with Crippen molar-refractivity contribution < 1.29 is 14.7 Å². The number of nitrogens with one attached hydrogen (secondary N) is 2. The number of para-hydroxylation sites is 1. The molecule has 29 heavy (non-hydrogen) atoms. The van der Waals surface area contributed by atoms with Crippen molar-refractivity contribution in [3.8, 4) is 5.75 Å². The molecule has 0 atom stereocenters.